The minimum atomic E-state index is -5.77. The van der Waals surface area contributed by atoms with Crippen molar-refractivity contribution >= 4 is 122 Å². The summed E-state index contributed by atoms with van der Waals surface area (Å²) in [7, 11) is -11.5. The fourth-order valence-electron chi connectivity index (χ4n) is 5.69. The van der Waals surface area contributed by atoms with E-state index in [-0.39, 0.29) is 157 Å². The van der Waals surface area contributed by atoms with Gasteiger partial charge in [0.15, 0.2) is 45.7 Å². The number of hydrogen-bond donors (Lipinski definition) is 10. The first-order valence-electron chi connectivity index (χ1n) is 16.9. The molecule has 2 saturated heterocycles. The minimum absolute atomic E-state index is 0. The third-order valence-electron chi connectivity index (χ3n) is 8.48. The first kappa shape index (κ1) is 63.0. The van der Waals surface area contributed by atoms with Gasteiger partial charge in [-0.3, -0.25) is 22.8 Å². The normalized spacial score (nSPS) is 27.5. The summed E-state index contributed by atoms with van der Waals surface area (Å²) in [6, 6.07) is 0. The summed E-state index contributed by atoms with van der Waals surface area (Å²) in [6.45, 7) is -9.76. The Hall–Kier alpha value is 2.86. The molecule has 0 spiro atoms. The number of rotatable bonds is 18. The number of aliphatic hydroxyl groups is 4. The van der Waals surface area contributed by atoms with Gasteiger partial charge in [-0.25, -0.2) is 43.1 Å². The van der Waals surface area contributed by atoms with Gasteiger partial charge in [-0.2, -0.15) is 0 Å². The van der Waals surface area contributed by atoms with Gasteiger partial charge in [0, 0.05) is 5.75 Å². The van der Waals surface area contributed by atoms with E-state index in [0.717, 1.165) is 6.42 Å². The maximum atomic E-state index is 13.1. The summed E-state index contributed by atoms with van der Waals surface area (Å²) in [5.41, 5.74) is 12.6. The number of anilines is 2. The van der Waals surface area contributed by atoms with Crippen molar-refractivity contribution in [3.63, 3.8) is 0 Å². The molecule has 0 bridgehead atoms. The molecule has 13 atom stereocenters. The van der Waals surface area contributed by atoms with Crippen molar-refractivity contribution in [3.05, 3.63) is 12.7 Å². The van der Waals surface area contributed by atoms with Crippen molar-refractivity contribution in [1.29, 1.82) is 0 Å². The van der Waals surface area contributed by atoms with Crippen LogP contribution in [0.15, 0.2) is 23.0 Å². The van der Waals surface area contributed by atoms with Crippen molar-refractivity contribution in [2.45, 2.75) is 77.6 Å². The Morgan fingerprint density at radius 2 is 1.23 bits per heavy atom. The second-order valence-corrected chi connectivity index (χ2v) is 25.8. The zero-order valence-electron chi connectivity index (χ0n) is 34.6. The third-order valence-corrected chi connectivity index (χ3v) is 20.8. The fraction of sp³-hybridized carbons (Fsp3) is 0.600. The molecule has 2 aliphatic rings. The van der Waals surface area contributed by atoms with E-state index in [1.54, 1.807) is 6.26 Å². The molecule has 39 heteroatoms. The maximum absolute atomic E-state index is 13.1. The number of halogens is 1. The Kier molecular flexibility index (Phi) is 25.3. The molecule has 334 valence electrons. The predicted molar refractivity (Wildman–Crippen MR) is 221 cm³/mol. The average molecular weight is 1110 g/mol. The number of imidazole rings is 2. The average Bonchev–Trinajstić information content (AvgIpc) is 3.92. The van der Waals surface area contributed by atoms with Crippen LogP contribution in [0.2, 0.25) is 0 Å². The number of hydrogen-bond acceptors (Lipinski definition) is 24. The molecule has 5 unspecified atom stereocenters. The second-order valence-electron chi connectivity index (χ2n) is 12.7. The number of thioether (sulfide) groups is 2. The van der Waals surface area contributed by atoms with Crippen LogP contribution in [0.3, 0.4) is 0 Å². The Labute approximate surface area is 475 Å². The van der Waals surface area contributed by atoms with Gasteiger partial charge in [0.05, 0.1) is 25.9 Å². The number of ether oxygens (including phenoxy) is 2. The molecule has 0 aromatic carbocycles. The van der Waals surface area contributed by atoms with Crippen LogP contribution < -0.4 is 130 Å². The van der Waals surface area contributed by atoms with Crippen molar-refractivity contribution in [3.8, 4) is 0 Å². The van der Waals surface area contributed by atoms with Crippen molar-refractivity contribution in [2.75, 3.05) is 36.7 Å². The largest absolute Gasteiger partial charge is 1.00 e. The molecule has 0 aliphatic carbocycles. The molecular weight excluding hydrogens is 1080 g/mol. The quantitative estimate of drug-likeness (QED) is 0.0110. The van der Waals surface area contributed by atoms with Gasteiger partial charge >= 0.3 is 147 Å². The topological polar surface area (TPSA) is 387 Å². The van der Waals surface area contributed by atoms with E-state index in [0.29, 0.717) is 10.9 Å². The Balaban J connectivity index is 0.00000352. The number of thiol groups is 1. The standard InChI is InChI=1S/C25H37ClN10O16P4S4.4Na/c1-3-4-60-25-32-18(28)12-20(34-25)36(8-30-12)22-16(40)14(38)10(50-22)6-48-56(46,58)52-54(43,44)23(26)53(41,42)51-55(45,57)47-5-9-13(37)15(39)21(49-9)35-7-29-11-17(27)31-24(59-2)33-19(11)35;;;;/h7-10,13-16,21-23,37-40H,3-6H2,1-2H3,(H,41,42)(H,43,44)(H,45,57)(H,46,58)(H2,27,31,33)(H2,28,32,34);;;;/q;4*+1/t9-,10-,13-,14-,15-,16-,21-,22-,23?,55?,56?;;;;/m1..../s1. The molecule has 6 rings (SSSR count). The van der Waals surface area contributed by atoms with E-state index in [2.05, 4.69) is 50.8 Å². The molecular formula is C25H37ClN10Na4O16P4S4+4. The van der Waals surface area contributed by atoms with Crippen LogP contribution in [0.25, 0.3) is 22.3 Å². The summed E-state index contributed by atoms with van der Waals surface area (Å²) < 4.78 is 72.4. The van der Waals surface area contributed by atoms with Gasteiger partial charge < -0.3 is 60.6 Å². The third kappa shape index (κ3) is 14.5. The van der Waals surface area contributed by atoms with Gasteiger partial charge in [0.25, 0.3) is 0 Å². The first-order valence-corrected chi connectivity index (χ1v) is 28.1. The summed E-state index contributed by atoms with van der Waals surface area (Å²) >= 11 is 16.7. The van der Waals surface area contributed by atoms with Gasteiger partial charge in [-0.1, -0.05) is 54.3 Å². The molecule has 0 saturated carbocycles. The van der Waals surface area contributed by atoms with E-state index in [4.69, 9.17) is 53.4 Å². The Morgan fingerprint density at radius 3 is 1.70 bits per heavy atom. The van der Waals surface area contributed by atoms with Crippen LogP contribution in [0.5, 0.6) is 0 Å². The number of alkyl halides is 1. The zero-order valence-corrected chi connectivity index (χ0v) is 50.2. The second kappa shape index (κ2) is 25.7. The van der Waals surface area contributed by atoms with Gasteiger partial charge in [-0.15, -0.1) is 0 Å². The van der Waals surface area contributed by atoms with E-state index >= 15 is 0 Å². The van der Waals surface area contributed by atoms with Crippen LogP contribution in [-0.4, -0.2) is 141 Å². The predicted octanol–water partition coefficient (Wildman–Crippen LogP) is -10.5. The molecule has 6 heterocycles. The van der Waals surface area contributed by atoms with Crippen molar-refractivity contribution < 1.29 is 194 Å². The molecule has 11 N–H and O–H groups in total. The van der Waals surface area contributed by atoms with E-state index < -0.39 is 95.9 Å². The minimum Gasteiger partial charge on any atom is -0.387 e. The van der Waals surface area contributed by atoms with E-state index in [1.165, 1.54) is 45.3 Å². The van der Waals surface area contributed by atoms with Crippen molar-refractivity contribution in [2.24, 2.45) is 0 Å². The molecule has 0 radical (unpaired) electrons. The Bertz CT molecular complexity index is 2450. The number of fused-ring (bicyclic) bond motifs is 2. The van der Waals surface area contributed by atoms with Crippen molar-refractivity contribution in [1.82, 2.24) is 39.0 Å². The number of nitrogens with two attached hydrogens (primary N) is 2. The van der Waals surface area contributed by atoms with Crippen LogP contribution in [0.1, 0.15) is 25.8 Å². The molecule has 0 amide bonds. The van der Waals surface area contributed by atoms with Crippen LogP contribution in [0, 0.1) is 0 Å². The molecule has 2 aliphatic heterocycles. The summed E-state index contributed by atoms with van der Waals surface area (Å²) in [5.74, 6) is 0.772. The molecule has 26 nitrogen and oxygen atoms in total. The number of nitrogen functional groups attached to an aromatic ring is 2. The summed E-state index contributed by atoms with van der Waals surface area (Å²) in [6.07, 6.45) is -7.35. The van der Waals surface area contributed by atoms with Crippen LogP contribution >= 0.6 is 76.1 Å². The first-order chi connectivity index (χ1) is 28.0. The number of aliphatic hydroxyl groups excluding tert-OH is 4. The zero-order chi connectivity index (χ0) is 44.1. The SMILES string of the molecule is CCCSc1nc(N)c2ncn([C@@H]3O[C@H](COP(O)(=S)OP(=O)(O)C(Cl)P(=O)(O)OP(=O)(S)OC[C@H]4O[C@@H](n5cnc6c(N)nc(SC)nc65)[C@H](O)[C@@H]4O)[C@@H](O)[C@H]3O)c2n1.[Na+].[Na+].[Na+].[Na+]. The monoisotopic (exact) mass is 1110 g/mol. The van der Waals surface area contributed by atoms with Crippen LogP contribution in [-0.2, 0) is 52.6 Å². The van der Waals surface area contributed by atoms with E-state index in [9.17, 15) is 48.8 Å². The fourth-order valence-corrected chi connectivity index (χ4v) is 15.9. The summed E-state index contributed by atoms with van der Waals surface area (Å²) in [4.78, 5) is 53.9. The Morgan fingerprint density at radius 1 is 0.797 bits per heavy atom. The maximum Gasteiger partial charge on any atom is 1.00 e. The molecule has 64 heavy (non-hydrogen) atoms. The van der Waals surface area contributed by atoms with Crippen LogP contribution in [0.4, 0.5) is 11.6 Å². The van der Waals surface area contributed by atoms with Gasteiger partial charge in [-0.05, 0) is 24.5 Å². The smallest absolute Gasteiger partial charge is 0.387 e. The molecule has 2 fully saturated rings. The number of aromatic nitrogens is 8. The molecule has 4 aromatic heterocycles. The van der Waals surface area contributed by atoms with Gasteiger partial charge in [0.1, 0.15) is 47.7 Å². The van der Waals surface area contributed by atoms with E-state index in [1.807, 2.05) is 6.92 Å². The van der Waals surface area contributed by atoms with Gasteiger partial charge in [0.2, 0.25) is 4.86 Å². The molecule has 4 aromatic rings. The summed E-state index contributed by atoms with van der Waals surface area (Å²) in [5, 5.41) is 43.5. The number of nitrogens with zero attached hydrogens (tertiary/aromatic N) is 8.